The molecule has 146 valence electrons. The molecule has 6 heteroatoms. The molecule has 28 heavy (non-hydrogen) atoms. The molecule has 2 N–H and O–H groups in total. The third kappa shape index (κ3) is 4.79. The SMILES string of the molecule is COC(=O)C(=C\c1ccc(O)c(C)c1)/C(=C\c1ccc(O)c(C)c1)C(=O)OC. The Morgan fingerprint density at radius 2 is 1.11 bits per heavy atom. The van der Waals surface area contributed by atoms with E-state index in [0.29, 0.717) is 22.3 Å². The Labute approximate surface area is 163 Å². The van der Waals surface area contributed by atoms with E-state index in [0.717, 1.165) is 0 Å². The van der Waals surface area contributed by atoms with E-state index in [1.807, 2.05) is 0 Å². The van der Waals surface area contributed by atoms with E-state index in [1.54, 1.807) is 38.1 Å². The molecule has 0 bridgehead atoms. The van der Waals surface area contributed by atoms with Crippen LogP contribution in [0, 0.1) is 13.8 Å². The van der Waals surface area contributed by atoms with Crippen LogP contribution in [0.3, 0.4) is 0 Å². The third-order valence-corrected chi connectivity index (χ3v) is 4.16. The highest BCUT2D eigenvalue weighted by Crippen LogP contribution is 2.25. The predicted octanol–water partition coefficient (Wildman–Crippen LogP) is 3.53. The van der Waals surface area contributed by atoms with Gasteiger partial charge in [-0.15, -0.1) is 0 Å². The Hall–Kier alpha value is -3.54. The zero-order chi connectivity index (χ0) is 20.8. The maximum atomic E-state index is 12.4. The maximum absolute atomic E-state index is 12.4. The maximum Gasteiger partial charge on any atom is 0.338 e. The van der Waals surface area contributed by atoms with Gasteiger partial charge in [0.2, 0.25) is 0 Å². The molecule has 0 atom stereocenters. The van der Waals surface area contributed by atoms with Crippen LogP contribution in [0.1, 0.15) is 22.3 Å². The van der Waals surface area contributed by atoms with Gasteiger partial charge in [-0.1, -0.05) is 12.1 Å². The van der Waals surface area contributed by atoms with Gasteiger partial charge in [0.05, 0.1) is 25.4 Å². The summed E-state index contributed by atoms with van der Waals surface area (Å²) in [5.74, 6) is -1.17. The fourth-order valence-electron chi connectivity index (χ4n) is 2.58. The summed E-state index contributed by atoms with van der Waals surface area (Å²) in [5, 5.41) is 19.4. The van der Waals surface area contributed by atoms with Crippen LogP contribution in [0.5, 0.6) is 11.5 Å². The first-order valence-corrected chi connectivity index (χ1v) is 8.46. The summed E-state index contributed by atoms with van der Waals surface area (Å²) in [6.45, 7) is 3.45. The van der Waals surface area contributed by atoms with Crippen LogP contribution in [-0.2, 0) is 19.1 Å². The number of phenolic OH excluding ortho intramolecular Hbond substituents is 2. The molecule has 2 aromatic carbocycles. The molecule has 0 aliphatic carbocycles. The Morgan fingerprint density at radius 3 is 1.39 bits per heavy atom. The number of aromatic hydroxyl groups is 2. The molecule has 0 heterocycles. The summed E-state index contributed by atoms with van der Waals surface area (Å²) in [5.41, 5.74) is 2.46. The van der Waals surface area contributed by atoms with E-state index in [2.05, 4.69) is 0 Å². The minimum atomic E-state index is -0.710. The Balaban J connectivity index is 2.65. The fourth-order valence-corrected chi connectivity index (χ4v) is 2.58. The minimum Gasteiger partial charge on any atom is -0.508 e. The van der Waals surface area contributed by atoms with Crippen molar-refractivity contribution in [3.05, 3.63) is 69.8 Å². The lowest BCUT2D eigenvalue weighted by atomic mass is 9.98. The molecule has 0 saturated heterocycles. The summed E-state index contributed by atoms with van der Waals surface area (Å²) in [7, 11) is 2.44. The molecule has 0 aliphatic rings. The van der Waals surface area contributed by atoms with Gasteiger partial charge < -0.3 is 19.7 Å². The number of hydrogen-bond acceptors (Lipinski definition) is 6. The van der Waals surface area contributed by atoms with E-state index in [-0.39, 0.29) is 22.6 Å². The van der Waals surface area contributed by atoms with Crippen LogP contribution in [-0.4, -0.2) is 36.4 Å². The highest BCUT2D eigenvalue weighted by Gasteiger charge is 2.23. The van der Waals surface area contributed by atoms with Gasteiger partial charge in [-0.3, -0.25) is 0 Å². The van der Waals surface area contributed by atoms with Crippen LogP contribution >= 0.6 is 0 Å². The van der Waals surface area contributed by atoms with Gasteiger partial charge in [0.25, 0.3) is 0 Å². The van der Waals surface area contributed by atoms with Crippen molar-refractivity contribution in [3.8, 4) is 11.5 Å². The summed E-state index contributed by atoms with van der Waals surface area (Å²) < 4.78 is 9.70. The van der Waals surface area contributed by atoms with E-state index in [9.17, 15) is 19.8 Å². The number of benzene rings is 2. The molecule has 6 nitrogen and oxygen atoms in total. The van der Waals surface area contributed by atoms with Crippen LogP contribution in [0.15, 0.2) is 47.5 Å². The smallest absolute Gasteiger partial charge is 0.338 e. The van der Waals surface area contributed by atoms with Gasteiger partial charge in [0.15, 0.2) is 0 Å². The molecule has 0 amide bonds. The second kappa shape index (κ2) is 8.90. The number of phenols is 2. The first kappa shape index (κ1) is 20.8. The number of aryl methyl sites for hydroxylation is 2. The Bertz CT molecular complexity index is 889. The molecule has 0 spiro atoms. The van der Waals surface area contributed by atoms with Crippen molar-refractivity contribution in [1.29, 1.82) is 0 Å². The summed E-state index contributed by atoms with van der Waals surface area (Å²) in [6, 6.07) is 9.59. The lowest BCUT2D eigenvalue weighted by Crippen LogP contribution is -2.15. The normalized spacial score (nSPS) is 11.9. The summed E-state index contributed by atoms with van der Waals surface area (Å²) in [6.07, 6.45) is 2.99. The van der Waals surface area contributed by atoms with E-state index >= 15 is 0 Å². The zero-order valence-electron chi connectivity index (χ0n) is 16.1. The van der Waals surface area contributed by atoms with Gasteiger partial charge >= 0.3 is 11.9 Å². The molecule has 0 radical (unpaired) electrons. The molecule has 0 fully saturated rings. The second-order valence-corrected chi connectivity index (χ2v) is 6.19. The quantitative estimate of drug-likeness (QED) is 0.467. The molecule has 2 rings (SSSR count). The van der Waals surface area contributed by atoms with Crippen LogP contribution in [0.4, 0.5) is 0 Å². The van der Waals surface area contributed by atoms with Gasteiger partial charge in [0, 0.05) is 0 Å². The van der Waals surface area contributed by atoms with Crippen molar-refractivity contribution in [2.45, 2.75) is 13.8 Å². The second-order valence-electron chi connectivity index (χ2n) is 6.19. The van der Waals surface area contributed by atoms with Gasteiger partial charge in [-0.2, -0.15) is 0 Å². The fraction of sp³-hybridized carbons (Fsp3) is 0.182. The first-order chi connectivity index (χ1) is 13.3. The number of carbonyl (C=O) groups excluding carboxylic acids is 2. The highest BCUT2D eigenvalue weighted by atomic mass is 16.5. The number of hydrogen-bond donors (Lipinski definition) is 2. The zero-order valence-corrected chi connectivity index (χ0v) is 16.1. The number of carbonyl (C=O) groups is 2. The van der Waals surface area contributed by atoms with Crippen molar-refractivity contribution < 1.29 is 29.3 Å². The molecular formula is C22H22O6. The van der Waals surface area contributed by atoms with Gasteiger partial charge in [0.1, 0.15) is 11.5 Å². The summed E-state index contributed by atoms with van der Waals surface area (Å²) >= 11 is 0. The molecule has 2 aromatic rings. The molecule has 0 saturated carbocycles. The topological polar surface area (TPSA) is 93.1 Å². The lowest BCUT2D eigenvalue weighted by Gasteiger charge is -2.10. The Kier molecular flexibility index (Phi) is 6.60. The lowest BCUT2D eigenvalue weighted by molar-refractivity contribution is -0.139. The number of ether oxygens (including phenoxy) is 2. The highest BCUT2D eigenvalue weighted by molar-refractivity contribution is 6.12. The third-order valence-electron chi connectivity index (χ3n) is 4.16. The van der Waals surface area contributed by atoms with Gasteiger partial charge in [-0.25, -0.2) is 9.59 Å². The van der Waals surface area contributed by atoms with Crippen molar-refractivity contribution in [1.82, 2.24) is 0 Å². The largest absolute Gasteiger partial charge is 0.508 e. The predicted molar refractivity (Wildman–Crippen MR) is 106 cm³/mol. The molecule has 0 aliphatic heterocycles. The molecular weight excluding hydrogens is 360 g/mol. The van der Waals surface area contributed by atoms with Gasteiger partial charge in [-0.05, 0) is 72.5 Å². The Morgan fingerprint density at radius 1 is 0.750 bits per heavy atom. The number of esters is 2. The monoisotopic (exact) mass is 382 g/mol. The van der Waals surface area contributed by atoms with Crippen molar-refractivity contribution in [2.75, 3.05) is 14.2 Å². The average Bonchev–Trinajstić information content (AvgIpc) is 2.68. The van der Waals surface area contributed by atoms with E-state index in [1.165, 1.54) is 38.5 Å². The standard InChI is InChI=1S/C22H22O6/c1-13-9-15(5-7-19(13)23)11-17(21(25)27-3)18(22(26)28-4)12-16-6-8-20(24)14(2)10-16/h5-12,23-24H,1-4H3/b17-11-,18-12+. The van der Waals surface area contributed by atoms with Crippen molar-refractivity contribution >= 4 is 24.1 Å². The van der Waals surface area contributed by atoms with Crippen LogP contribution in [0.2, 0.25) is 0 Å². The van der Waals surface area contributed by atoms with Crippen molar-refractivity contribution in [3.63, 3.8) is 0 Å². The van der Waals surface area contributed by atoms with E-state index < -0.39 is 11.9 Å². The average molecular weight is 382 g/mol. The summed E-state index contributed by atoms with van der Waals surface area (Å²) in [4.78, 5) is 24.8. The minimum absolute atomic E-state index is 0.00479. The number of rotatable bonds is 5. The van der Waals surface area contributed by atoms with Crippen LogP contribution in [0.25, 0.3) is 12.2 Å². The number of methoxy groups -OCH3 is 2. The molecule has 0 unspecified atom stereocenters. The first-order valence-electron chi connectivity index (χ1n) is 8.46. The van der Waals surface area contributed by atoms with Crippen molar-refractivity contribution in [2.24, 2.45) is 0 Å². The van der Waals surface area contributed by atoms with Crippen LogP contribution < -0.4 is 0 Å². The van der Waals surface area contributed by atoms with E-state index in [4.69, 9.17) is 9.47 Å². The molecule has 0 aromatic heterocycles.